The molecule has 5 aromatic rings. The molecule has 9 heteroatoms. The molecule has 2 N–H and O–H groups in total. The number of hydrogen-bond donors (Lipinski definition) is 1. The summed E-state index contributed by atoms with van der Waals surface area (Å²) in [6.07, 6.45) is 4.55. The van der Waals surface area contributed by atoms with Gasteiger partial charge < -0.3 is 20.1 Å². The lowest BCUT2D eigenvalue weighted by atomic mass is 10.1. The van der Waals surface area contributed by atoms with E-state index in [0.29, 0.717) is 53.7 Å². The number of carbonyl (C=O) groups excluding carboxylic acids is 1. The monoisotopic (exact) mass is 546 g/mol. The molecule has 1 atom stereocenters. The van der Waals surface area contributed by atoms with Crippen LogP contribution in [0.25, 0.3) is 22.3 Å². The summed E-state index contributed by atoms with van der Waals surface area (Å²) in [5.41, 5.74) is 9.62. The first-order valence-electron chi connectivity index (χ1n) is 13.5. The van der Waals surface area contributed by atoms with E-state index in [2.05, 4.69) is 16.5 Å². The number of aromatic nitrogens is 4. The maximum atomic E-state index is 12.3. The summed E-state index contributed by atoms with van der Waals surface area (Å²) >= 11 is 0. The van der Waals surface area contributed by atoms with Crippen LogP contribution in [0.3, 0.4) is 0 Å². The van der Waals surface area contributed by atoms with E-state index in [1.54, 1.807) is 4.90 Å². The molecule has 0 bridgehead atoms. The lowest BCUT2D eigenvalue weighted by Gasteiger charge is -2.32. The average molecular weight is 547 g/mol. The molecule has 206 valence electrons. The van der Waals surface area contributed by atoms with Gasteiger partial charge in [-0.05, 0) is 60.9 Å². The van der Waals surface area contributed by atoms with Gasteiger partial charge in [0, 0.05) is 24.7 Å². The molecule has 0 radical (unpaired) electrons. The summed E-state index contributed by atoms with van der Waals surface area (Å²) in [4.78, 5) is 22.8. The number of ether oxygens (including phenoxy) is 2. The SMILES string of the molecule is C=CC(=O)N1CCC[C@@H](n2nc(-c3ccc(Oc4cccc(OCc5ccccc5)c4)cc3)c3c(N)ncnc32)C1. The Labute approximate surface area is 237 Å². The number of nitrogens with zero attached hydrogens (tertiary/aromatic N) is 5. The summed E-state index contributed by atoms with van der Waals surface area (Å²) in [7, 11) is 0. The Kier molecular flexibility index (Phi) is 7.32. The predicted octanol–water partition coefficient (Wildman–Crippen LogP) is 5.80. The van der Waals surface area contributed by atoms with Gasteiger partial charge in [-0.2, -0.15) is 5.10 Å². The Morgan fingerprint density at radius 1 is 1.00 bits per heavy atom. The highest BCUT2D eigenvalue weighted by atomic mass is 16.5. The molecule has 0 spiro atoms. The van der Waals surface area contributed by atoms with Gasteiger partial charge in [-0.15, -0.1) is 0 Å². The van der Waals surface area contributed by atoms with Crippen molar-refractivity contribution >= 4 is 22.8 Å². The van der Waals surface area contributed by atoms with Gasteiger partial charge in [0.1, 0.15) is 41.7 Å². The van der Waals surface area contributed by atoms with Crippen LogP contribution in [0.15, 0.2) is 97.8 Å². The van der Waals surface area contributed by atoms with Crippen molar-refractivity contribution in [2.75, 3.05) is 18.8 Å². The number of piperidine rings is 1. The molecule has 1 saturated heterocycles. The molecule has 9 nitrogen and oxygen atoms in total. The molecule has 6 rings (SSSR count). The molecular formula is C32H30N6O3. The maximum absolute atomic E-state index is 12.3. The highest BCUT2D eigenvalue weighted by Crippen LogP contribution is 2.35. The van der Waals surface area contributed by atoms with Gasteiger partial charge in [0.25, 0.3) is 0 Å². The molecule has 3 aromatic carbocycles. The third kappa shape index (κ3) is 5.60. The summed E-state index contributed by atoms with van der Waals surface area (Å²) in [5.74, 6) is 2.36. The van der Waals surface area contributed by atoms with E-state index < -0.39 is 0 Å². The van der Waals surface area contributed by atoms with Crippen LogP contribution in [0, 0.1) is 0 Å². The van der Waals surface area contributed by atoms with Crippen LogP contribution in [-0.4, -0.2) is 43.6 Å². The number of fused-ring (bicyclic) bond motifs is 1. The highest BCUT2D eigenvalue weighted by molar-refractivity contribution is 5.98. The van der Waals surface area contributed by atoms with Gasteiger partial charge in [-0.1, -0.05) is 43.0 Å². The Bertz CT molecular complexity index is 1680. The number of anilines is 1. The Hall–Kier alpha value is -5.18. The van der Waals surface area contributed by atoms with Crippen molar-refractivity contribution < 1.29 is 14.3 Å². The molecule has 0 unspecified atom stereocenters. The second-order valence-electron chi connectivity index (χ2n) is 9.91. The maximum Gasteiger partial charge on any atom is 0.246 e. The first kappa shape index (κ1) is 26.1. The van der Waals surface area contributed by atoms with Gasteiger partial charge in [-0.3, -0.25) is 4.79 Å². The number of carbonyl (C=O) groups is 1. The van der Waals surface area contributed by atoms with E-state index >= 15 is 0 Å². The number of nitrogens with two attached hydrogens (primary N) is 1. The minimum atomic E-state index is -0.0793. The van der Waals surface area contributed by atoms with Gasteiger partial charge in [0.15, 0.2) is 5.65 Å². The Morgan fingerprint density at radius 2 is 1.80 bits per heavy atom. The molecule has 0 aliphatic carbocycles. The standard InChI is InChI=1S/C32H30N6O3/c1-2-28(39)37-17-7-10-24(19-37)38-32-29(31(33)34-21-35-32)30(36-38)23-13-15-25(16-14-23)41-27-12-6-11-26(18-27)40-20-22-8-4-3-5-9-22/h2-6,8-9,11-16,18,21,24H,1,7,10,17,19-20H2,(H2,33,34,35)/t24-/m1/s1. The third-order valence-electron chi connectivity index (χ3n) is 7.16. The van der Waals surface area contributed by atoms with Gasteiger partial charge in [0.2, 0.25) is 5.91 Å². The van der Waals surface area contributed by atoms with E-state index in [9.17, 15) is 4.79 Å². The van der Waals surface area contributed by atoms with Gasteiger partial charge >= 0.3 is 0 Å². The van der Waals surface area contributed by atoms with Crippen LogP contribution in [0.2, 0.25) is 0 Å². The van der Waals surface area contributed by atoms with Crippen molar-refractivity contribution in [3.63, 3.8) is 0 Å². The normalized spacial score (nSPS) is 15.0. The van der Waals surface area contributed by atoms with Crippen molar-refractivity contribution in [2.45, 2.75) is 25.5 Å². The Morgan fingerprint density at radius 3 is 2.61 bits per heavy atom. The first-order valence-corrected chi connectivity index (χ1v) is 13.5. The molecule has 1 aliphatic rings. The van der Waals surface area contributed by atoms with Crippen LogP contribution in [-0.2, 0) is 11.4 Å². The zero-order valence-corrected chi connectivity index (χ0v) is 22.5. The summed E-state index contributed by atoms with van der Waals surface area (Å²) in [5, 5.41) is 5.64. The molecule has 1 aliphatic heterocycles. The molecule has 2 aromatic heterocycles. The highest BCUT2D eigenvalue weighted by Gasteiger charge is 2.28. The van der Waals surface area contributed by atoms with Crippen LogP contribution >= 0.6 is 0 Å². The Balaban J connectivity index is 1.22. The van der Waals surface area contributed by atoms with E-state index in [0.717, 1.165) is 29.7 Å². The molecule has 1 amide bonds. The number of amides is 1. The second kappa shape index (κ2) is 11.5. The number of benzene rings is 3. The van der Waals surface area contributed by atoms with E-state index in [-0.39, 0.29) is 11.9 Å². The average Bonchev–Trinajstić information content (AvgIpc) is 3.42. The fraction of sp³-hybridized carbons (Fsp3) is 0.188. The van der Waals surface area contributed by atoms with E-state index in [1.165, 1.54) is 12.4 Å². The number of hydrogen-bond acceptors (Lipinski definition) is 7. The fourth-order valence-electron chi connectivity index (χ4n) is 5.12. The minimum Gasteiger partial charge on any atom is -0.489 e. The number of rotatable bonds is 8. The van der Waals surface area contributed by atoms with Crippen molar-refractivity contribution in [3.05, 3.63) is 103 Å². The van der Waals surface area contributed by atoms with Crippen LogP contribution in [0.5, 0.6) is 17.2 Å². The third-order valence-corrected chi connectivity index (χ3v) is 7.16. The predicted molar refractivity (Wildman–Crippen MR) is 158 cm³/mol. The molecule has 0 saturated carbocycles. The summed E-state index contributed by atoms with van der Waals surface area (Å²) < 4.78 is 13.9. The zero-order valence-electron chi connectivity index (χ0n) is 22.5. The van der Waals surface area contributed by atoms with Crippen molar-refractivity contribution in [3.8, 4) is 28.5 Å². The van der Waals surface area contributed by atoms with E-state index in [4.69, 9.17) is 20.3 Å². The first-order chi connectivity index (χ1) is 20.1. The van der Waals surface area contributed by atoms with Gasteiger partial charge in [0.05, 0.1) is 11.4 Å². The van der Waals surface area contributed by atoms with E-state index in [1.807, 2.05) is 83.5 Å². The fourth-order valence-corrected chi connectivity index (χ4v) is 5.12. The molecular weight excluding hydrogens is 516 g/mol. The quantitative estimate of drug-likeness (QED) is 0.245. The number of likely N-dealkylation sites (tertiary alicyclic amines) is 1. The molecule has 1 fully saturated rings. The second-order valence-corrected chi connectivity index (χ2v) is 9.91. The zero-order chi connectivity index (χ0) is 28.2. The van der Waals surface area contributed by atoms with Crippen LogP contribution in [0.1, 0.15) is 24.4 Å². The van der Waals surface area contributed by atoms with Crippen molar-refractivity contribution in [2.24, 2.45) is 0 Å². The minimum absolute atomic E-state index is 0.0304. The van der Waals surface area contributed by atoms with Gasteiger partial charge in [-0.25, -0.2) is 14.6 Å². The summed E-state index contributed by atoms with van der Waals surface area (Å²) in [6, 6.07) is 25.2. The van der Waals surface area contributed by atoms with Crippen molar-refractivity contribution in [1.82, 2.24) is 24.6 Å². The van der Waals surface area contributed by atoms with Crippen molar-refractivity contribution in [1.29, 1.82) is 0 Å². The lowest BCUT2D eigenvalue weighted by Crippen LogP contribution is -2.40. The smallest absolute Gasteiger partial charge is 0.246 e. The summed E-state index contributed by atoms with van der Waals surface area (Å²) in [6.45, 7) is 5.35. The molecule has 3 heterocycles. The van der Waals surface area contributed by atoms with Crippen LogP contribution < -0.4 is 15.2 Å². The lowest BCUT2D eigenvalue weighted by molar-refractivity contribution is -0.127. The largest absolute Gasteiger partial charge is 0.489 e. The molecule has 41 heavy (non-hydrogen) atoms. The number of nitrogen functional groups attached to an aromatic ring is 1. The van der Waals surface area contributed by atoms with Crippen LogP contribution in [0.4, 0.5) is 5.82 Å². The topological polar surface area (TPSA) is 108 Å².